The molecule has 20 heavy (non-hydrogen) atoms. The van der Waals surface area contributed by atoms with E-state index in [0.29, 0.717) is 6.54 Å². The standard InChI is InChI=1S/C14H19N3O2.ClH/c1-10(18)16-11-3-5-12(6-4-11)17-13(19)14(2)7-8-15-9-14;/h3-6,15H,7-9H2,1-2H3,(H,16,18)(H,17,19);1H. The Morgan fingerprint density at radius 2 is 1.70 bits per heavy atom. The van der Waals surface area contributed by atoms with Gasteiger partial charge < -0.3 is 16.0 Å². The molecule has 6 heteroatoms. The Balaban J connectivity index is 0.00000200. The Kier molecular flexibility index (Phi) is 5.53. The van der Waals surface area contributed by atoms with Gasteiger partial charge in [0.1, 0.15) is 0 Å². The van der Waals surface area contributed by atoms with Crippen LogP contribution < -0.4 is 16.0 Å². The van der Waals surface area contributed by atoms with Crippen molar-refractivity contribution in [1.29, 1.82) is 0 Å². The fraction of sp³-hybridized carbons (Fsp3) is 0.429. The molecule has 1 saturated heterocycles. The van der Waals surface area contributed by atoms with Crippen LogP contribution >= 0.6 is 12.4 Å². The molecule has 2 rings (SSSR count). The molecule has 1 heterocycles. The highest BCUT2D eigenvalue weighted by Crippen LogP contribution is 2.26. The predicted molar refractivity (Wildman–Crippen MR) is 82.2 cm³/mol. The van der Waals surface area contributed by atoms with Crippen molar-refractivity contribution in [2.45, 2.75) is 20.3 Å². The molecule has 5 nitrogen and oxygen atoms in total. The van der Waals surface area contributed by atoms with Gasteiger partial charge in [-0.05, 0) is 44.2 Å². The van der Waals surface area contributed by atoms with Gasteiger partial charge in [-0.3, -0.25) is 9.59 Å². The monoisotopic (exact) mass is 297 g/mol. The van der Waals surface area contributed by atoms with E-state index in [0.717, 1.165) is 24.3 Å². The molecule has 1 fully saturated rings. The number of nitrogens with one attached hydrogen (secondary N) is 3. The second kappa shape index (κ2) is 6.72. The number of carbonyl (C=O) groups is 2. The molecule has 0 radical (unpaired) electrons. The zero-order valence-corrected chi connectivity index (χ0v) is 12.5. The van der Waals surface area contributed by atoms with Gasteiger partial charge in [-0.15, -0.1) is 12.4 Å². The van der Waals surface area contributed by atoms with Crippen molar-refractivity contribution in [3.05, 3.63) is 24.3 Å². The largest absolute Gasteiger partial charge is 0.326 e. The first kappa shape index (κ1) is 16.5. The van der Waals surface area contributed by atoms with Crippen molar-refractivity contribution in [2.75, 3.05) is 23.7 Å². The van der Waals surface area contributed by atoms with Crippen molar-refractivity contribution >= 4 is 35.6 Å². The number of rotatable bonds is 3. The predicted octanol–water partition coefficient (Wildman–Crippen LogP) is 2.00. The summed E-state index contributed by atoms with van der Waals surface area (Å²) < 4.78 is 0. The summed E-state index contributed by atoms with van der Waals surface area (Å²) >= 11 is 0. The minimum atomic E-state index is -0.337. The van der Waals surface area contributed by atoms with E-state index in [-0.39, 0.29) is 29.6 Å². The van der Waals surface area contributed by atoms with Crippen LogP contribution in [-0.2, 0) is 9.59 Å². The van der Waals surface area contributed by atoms with Crippen LogP contribution in [0, 0.1) is 5.41 Å². The number of benzene rings is 1. The molecule has 1 aromatic rings. The van der Waals surface area contributed by atoms with E-state index >= 15 is 0 Å². The topological polar surface area (TPSA) is 70.2 Å². The summed E-state index contributed by atoms with van der Waals surface area (Å²) in [6.45, 7) is 5.02. The Morgan fingerprint density at radius 1 is 1.15 bits per heavy atom. The van der Waals surface area contributed by atoms with Crippen molar-refractivity contribution in [3.8, 4) is 0 Å². The maximum absolute atomic E-state index is 12.2. The highest BCUT2D eigenvalue weighted by atomic mass is 35.5. The van der Waals surface area contributed by atoms with Gasteiger partial charge in [-0.1, -0.05) is 0 Å². The average molecular weight is 298 g/mol. The van der Waals surface area contributed by atoms with Crippen LogP contribution in [0.5, 0.6) is 0 Å². The van der Waals surface area contributed by atoms with E-state index in [9.17, 15) is 9.59 Å². The number of amides is 2. The average Bonchev–Trinajstić information content (AvgIpc) is 2.79. The van der Waals surface area contributed by atoms with Crippen molar-refractivity contribution < 1.29 is 9.59 Å². The van der Waals surface area contributed by atoms with Crippen LogP contribution in [0.4, 0.5) is 11.4 Å². The van der Waals surface area contributed by atoms with E-state index in [1.165, 1.54) is 6.92 Å². The lowest BCUT2D eigenvalue weighted by Gasteiger charge is -2.21. The first-order valence-corrected chi connectivity index (χ1v) is 6.39. The number of carbonyl (C=O) groups excluding carboxylic acids is 2. The quantitative estimate of drug-likeness (QED) is 0.799. The van der Waals surface area contributed by atoms with Gasteiger partial charge in [0.2, 0.25) is 11.8 Å². The fourth-order valence-electron chi connectivity index (χ4n) is 2.13. The van der Waals surface area contributed by atoms with E-state index < -0.39 is 0 Å². The van der Waals surface area contributed by atoms with Gasteiger partial charge in [0.05, 0.1) is 5.41 Å². The second-order valence-electron chi connectivity index (χ2n) is 5.20. The molecule has 1 atom stereocenters. The minimum Gasteiger partial charge on any atom is -0.326 e. The van der Waals surface area contributed by atoms with E-state index in [1.807, 2.05) is 6.92 Å². The summed E-state index contributed by atoms with van der Waals surface area (Å²) in [4.78, 5) is 23.1. The first-order valence-electron chi connectivity index (χ1n) is 6.39. The Hall–Kier alpha value is -1.59. The summed E-state index contributed by atoms with van der Waals surface area (Å²) in [5.74, 6) is -0.0777. The minimum absolute atomic E-state index is 0. The van der Waals surface area contributed by atoms with Crippen LogP contribution in [0.15, 0.2) is 24.3 Å². The summed E-state index contributed by atoms with van der Waals surface area (Å²) in [6.07, 6.45) is 0.850. The summed E-state index contributed by atoms with van der Waals surface area (Å²) in [6, 6.07) is 7.11. The number of anilines is 2. The zero-order chi connectivity index (χ0) is 13.9. The Labute approximate surface area is 124 Å². The third kappa shape index (κ3) is 3.95. The lowest BCUT2D eigenvalue weighted by Crippen LogP contribution is -2.35. The van der Waals surface area contributed by atoms with Gasteiger partial charge in [0.15, 0.2) is 0 Å². The Bertz CT molecular complexity index is 482. The normalized spacial score (nSPS) is 20.9. The van der Waals surface area contributed by atoms with E-state index in [4.69, 9.17) is 0 Å². The van der Waals surface area contributed by atoms with Crippen LogP contribution in [0.25, 0.3) is 0 Å². The van der Waals surface area contributed by atoms with Crippen LogP contribution in [-0.4, -0.2) is 24.9 Å². The molecule has 0 saturated carbocycles. The van der Waals surface area contributed by atoms with Crippen LogP contribution in [0.3, 0.4) is 0 Å². The summed E-state index contributed by atoms with van der Waals surface area (Å²) in [5.41, 5.74) is 1.13. The lowest BCUT2D eigenvalue weighted by atomic mass is 9.89. The smallest absolute Gasteiger partial charge is 0.231 e. The van der Waals surface area contributed by atoms with Gasteiger partial charge in [0.25, 0.3) is 0 Å². The maximum atomic E-state index is 12.2. The molecule has 1 unspecified atom stereocenters. The molecule has 110 valence electrons. The molecule has 1 aliphatic heterocycles. The van der Waals surface area contributed by atoms with Gasteiger partial charge in [-0.25, -0.2) is 0 Å². The Morgan fingerprint density at radius 3 is 2.15 bits per heavy atom. The molecule has 0 spiro atoms. The molecule has 1 aliphatic rings. The SMILES string of the molecule is CC(=O)Nc1ccc(NC(=O)C2(C)CCNC2)cc1.Cl. The number of halogens is 1. The number of hydrogen-bond donors (Lipinski definition) is 3. The molecule has 1 aromatic carbocycles. The molecular formula is C14H20ClN3O2. The molecule has 2 amide bonds. The van der Waals surface area contributed by atoms with Crippen molar-refractivity contribution in [3.63, 3.8) is 0 Å². The molecule has 0 bridgehead atoms. The highest BCUT2D eigenvalue weighted by molar-refractivity contribution is 5.96. The lowest BCUT2D eigenvalue weighted by molar-refractivity contribution is -0.123. The number of hydrogen-bond acceptors (Lipinski definition) is 3. The fourth-order valence-corrected chi connectivity index (χ4v) is 2.13. The van der Waals surface area contributed by atoms with Gasteiger partial charge in [-0.2, -0.15) is 0 Å². The van der Waals surface area contributed by atoms with Gasteiger partial charge in [0, 0.05) is 24.8 Å². The van der Waals surface area contributed by atoms with Crippen LogP contribution in [0.2, 0.25) is 0 Å². The summed E-state index contributed by atoms with van der Waals surface area (Å²) in [5, 5.41) is 8.80. The molecular weight excluding hydrogens is 278 g/mol. The van der Waals surface area contributed by atoms with E-state index in [1.54, 1.807) is 24.3 Å². The van der Waals surface area contributed by atoms with Crippen molar-refractivity contribution in [2.24, 2.45) is 5.41 Å². The van der Waals surface area contributed by atoms with Crippen molar-refractivity contribution in [1.82, 2.24) is 5.32 Å². The zero-order valence-electron chi connectivity index (χ0n) is 11.7. The molecule has 3 N–H and O–H groups in total. The van der Waals surface area contributed by atoms with Gasteiger partial charge >= 0.3 is 0 Å². The molecule has 0 aliphatic carbocycles. The maximum Gasteiger partial charge on any atom is 0.231 e. The third-order valence-corrected chi connectivity index (χ3v) is 3.38. The second-order valence-corrected chi connectivity index (χ2v) is 5.20. The third-order valence-electron chi connectivity index (χ3n) is 3.38. The van der Waals surface area contributed by atoms with E-state index in [2.05, 4.69) is 16.0 Å². The first-order chi connectivity index (χ1) is 8.99. The molecule has 0 aromatic heterocycles. The van der Waals surface area contributed by atoms with Crippen LogP contribution in [0.1, 0.15) is 20.3 Å². The summed E-state index contributed by atoms with van der Waals surface area (Å²) in [7, 11) is 0. The highest BCUT2D eigenvalue weighted by Gasteiger charge is 2.36.